The molecule has 0 aromatic carbocycles. The lowest BCUT2D eigenvalue weighted by Crippen LogP contribution is -2.69. The van der Waals surface area contributed by atoms with Crippen molar-refractivity contribution in [2.45, 2.75) is 39.2 Å². The van der Waals surface area contributed by atoms with Crippen LogP contribution in [0.3, 0.4) is 0 Å². The minimum atomic E-state index is -0.557. The Hall–Kier alpha value is -2.67. The summed E-state index contributed by atoms with van der Waals surface area (Å²) in [6.07, 6.45) is 5.00. The van der Waals surface area contributed by atoms with E-state index in [1.807, 2.05) is 58.8 Å². The molecule has 2 aliphatic rings. The predicted octanol–water partition coefficient (Wildman–Crippen LogP) is 2.71. The number of hydrogen-bond acceptors (Lipinski definition) is 4. The lowest BCUT2D eigenvalue weighted by molar-refractivity contribution is -0.138. The molecule has 4 rings (SSSR count). The van der Waals surface area contributed by atoms with E-state index < -0.39 is 5.54 Å². The Balaban J connectivity index is 1.57. The first-order chi connectivity index (χ1) is 14.8. The molecular weight excluding hydrogens is 390 g/mol. The number of amides is 2. The molecule has 0 radical (unpaired) electrons. The maximum atomic E-state index is 13.9. The summed E-state index contributed by atoms with van der Waals surface area (Å²) in [7, 11) is 1.89. The number of hydrogen-bond donors (Lipinski definition) is 0. The SMILES string of the molecule is Cc1ccc(N2CCN(CC(C)C)C3(CCN(C(=O)c4cccn4C)CC3)C2=O)cn1. The highest BCUT2D eigenvalue weighted by Crippen LogP contribution is 2.36. The number of nitrogens with zero attached hydrogens (tertiary/aromatic N) is 5. The first-order valence-electron chi connectivity index (χ1n) is 11.2. The second kappa shape index (κ2) is 8.46. The van der Waals surface area contributed by atoms with Gasteiger partial charge in [0.25, 0.3) is 5.91 Å². The average Bonchev–Trinajstić information content (AvgIpc) is 3.18. The van der Waals surface area contributed by atoms with Crippen LogP contribution in [0.25, 0.3) is 0 Å². The highest BCUT2D eigenvalue weighted by atomic mass is 16.2. The Bertz CT molecular complexity index is 941. The Kier molecular flexibility index (Phi) is 5.88. The summed E-state index contributed by atoms with van der Waals surface area (Å²) in [4.78, 5) is 37.5. The number of aromatic nitrogens is 2. The van der Waals surface area contributed by atoms with Gasteiger partial charge in [-0.3, -0.25) is 19.5 Å². The van der Waals surface area contributed by atoms with Crippen molar-refractivity contribution in [3.05, 3.63) is 48.0 Å². The zero-order valence-corrected chi connectivity index (χ0v) is 19.0. The van der Waals surface area contributed by atoms with Crippen LogP contribution in [0, 0.1) is 12.8 Å². The van der Waals surface area contributed by atoms with E-state index in [0.29, 0.717) is 44.1 Å². The highest BCUT2D eigenvalue weighted by Gasteiger charge is 2.51. The van der Waals surface area contributed by atoms with E-state index in [9.17, 15) is 9.59 Å². The van der Waals surface area contributed by atoms with Crippen molar-refractivity contribution >= 4 is 17.5 Å². The zero-order chi connectivity index (χ0) is 22.2. The molecule has 2 aliphatic heterocycles. The van der Waals surface area contributed by atoms with E-state index >= 15 is 0 Å². The van der Waals surface area contributed by atoms with Gasteiger partial charge in [0.15, 0.2) is 0 Å². The zero-order valence-electron chi connectivity index (χ0n) is 19.0. The van der Waals surface area contributed by atoms with Crippen molar-refractivity contribution in [1.82, 2.24) is 19.4 Å². The summed E-state index contributed by atoms with van der Waals surface area (Å²) in [5.41, 5.74) is 1.94. The van der Waals surface area contributed by atoms with Gasteiger partial charge in [-0.1, -0.05) is 13.8 Å². The van der Waals surface area contributed by atoms with Crippen molar-refractivity contribution in [1.29, 1.82) is 0 Å². The first-order valence-corrected chi connectivity index (χ1v) is 11.2. The van der Waals surface area contributed by atoms with E-state index in [2.05, 4.69) is 23.7 Å². The van der Waals surface area contributed by atoms with Gasteiger partial charge in [0.2, 0.25) is 5.91 Å². The van der Waals surface area contributed by atoms with Crippen molar-refractivity contribution in [3.8, 4) is 0 Å². The Morgan fingerprint density at radius 2 is 1.87 bits per heavy atom. The van der Waals surface area contributed by atoms with E-state index in [1.54, 1.807) is 6.20 Å². The lowest BCUT2D eigenvalue weighted by atomic mass is 9.81. The monoisotopic (exact) mass is 423 g/mol. The van der Waals surface area contributed by atoms with E-state index in [4.69, 9.17) is 0 Å². The number of piperazine rings is 1. The fourth-order valence-corrected chi connectivity index (χ4v) is 4.95. The topological polar surface area (TPSA) is 61.7 Å². The number of carbonyl (C=O) groups is 2. The summed E-state index contributed by atoms with van der Waals surface area (Å²) in [6.45, 7) is 9.91. The van der Waals surface area contributed by atoms with Crippen LogP contribution < -0.4 is 4.90 Å². The predicted molar refractivity (Wildman–Crippen MR) is 121 cm³/mol. The quantitative estimate of drug-likeness (QED) is 0.759. The average molecular weight is 424 g/mol. The second-order valence-corrected chi connectivity index (χ2v) is 9.28. The Morgan fingerprint density at radius 1 is 1.13 bits per heavy atom. The van der Waals surface area contributed by atoms with Gasteiger partial charge in [-0.05, 0) is 49.9 Å². The number of anilines is 1. The third-order valence-corrected chi connectivity index (χ3v) is 6.68. The fourth-order valence-electron chi connectivity index (χ4n) is 4.95. The van der Waals surface area contributed by atoms with Crippen molar-refractivity contribution in [3.63, 3.8) is 0 Å². The molecule has 0 unspecified atom stereocenters. The number of aryl methyl sites for hydroxylation is 2. The van der Waals surface area contributed by atoms with E-state index in [1.165, 1.54) is 0 Å². The van der Waals surface area contributed by atoms with Gasteiger partial charge in [-0.2, -0.15) is 0 Å². The van der Waals surface area contributed by atoms with E-state index in [-0.39, 0.29) is 11.8 Å². The van der Waals surface area contributed by atoms with Gasteiger partial charge in [0.05, 0.1) is 11.9 Å². The number of carbonyl (C=O) groups excluding carboxylic acids is 2. The molecule has 166 valence electrons. The molecule has 7 nitrogen and oxygen atoms in total. The lowest BCUT2D eigenvalue weighted by Gasteiger charge is -2.53. The molecule has 31 heavy (non-hydrogen) atoms. The van der Waals surface area contributed by atoms with Crippen LogP contribution in [-0.4, -0.2) is 69.4 Å². The van der Waals surface area contributed by atoms with Crippen molar-refractivity contribution in [2.75, 3.05) is 37.6 Å². The number of piperidine rings is 1. The molecule has 2 aromatic heterocycles. The maximum absolute atomic E-state index is 13.9. The molecule has 2 saturated heterocycles. The van der Waals surface area contributed by atoms with Crippen LogP contribution in [0.5, 0.6) is 0 Å². The summed E-state index contributed by atoms with van der Waals surface area (Å²) >= 11 is 0. The molecule has 0 bridgehead atoms. The molecule has 7 heteroatoms. The number of likely N-dealkylation sites (tertiary alicyclic amines) is 1. The minimum Gasteiger partial charge on any atom is -0.347 e. The summed E-state index contributed by atoms with van der Waals surface area (Å²) in [5, 5.41) is 0. The molecule has 2 aromatic rings. The molecule has 0 N–H and O–H groups in total. The molecule has 2 amide bonds. The van der Waals surface area contributed by atoms with E-state index in [0.717, 1.165) is 24.5 Å². The molecule has 2 fully saturated rings. The highest BCUT2D eigenvalue weighted by molar-refractivity contribution is 6.01. The van der Waals surface area contributed by atoms with Crippen molar-refractivity contribution < 1.29 is 9.59 Å². The third-order valence-electron chi connectivity index (χ3n) is 6.68. The Morgan fingerprint density at radius 3 is 2.45 bits per heavy atom. The van der Waals surface area contributed by atoms with Gasteiger partial charge < -0.3 is 14.4 Å². The molecule has 1 spiro atoms. The van der Waals surface area contributed by atoms with Crippen LogP contribution in [0.1, 0.15) is 42.9 Å². The molecule has 0 saturated carbocycles. The second-order valence-electron chi connectivity index (χ2n) is 9.28. The molecule has 4 heterocycles. The standard InChI is InChI=1S/C24H33N5O2/c1-18(2)17-28-14-15-29(20-8-7-19(3)25-16-20)23(31)24(28)9-12-27(13-10-24)22(30)21-6-5-11-26(21)4/h5-8,11,16,18H,9-10,12-15,17H2,1-4H3. The first kappa shape index (κ1) is 21.6. The van der Waals surface area contributed by atoms with Crippen LogP contribution in [0.4, 0.5) is 5.69 Å². The Labute approximate surface area is 184 Å². The summed E-state index contributed by atoms with van der Waals surface area (Å²) < 4.78 is 1.86. The van der Waals surface area contributed by atoms with Gasteiger partial charge in [0.1, 0.15) is 11.2 Å². The smallest absolute Gasteiger partial charge is 0.270 e. The summed E-state index contributed by atoms with van der Waals surface area (Å²) in [6, 6.07) is 7.69. The van der Waals surface area contributed by atoms with Crippen LogP contribution in [0.15, 0.2) is 36.7 Å². The summed E-state index contributed by atoms with van der Waals surface area (Å²) in [5.74, 6) is 0.664. The molecular formula is C24H33N5O2. The maximum Gasteiger partial charge on any atom is 0.270 e. The number of pyridine rings is 1. The van der Waals surface area contributed by atoms with Crippen molar-refractivity contribution in [2.24, 2.45) is 13.0 Å². The largest absolute Gasteiger partial charge is 0.347 e. The molecule has 0 aliphatic carbocycles. The van der Waals surface area contributed by atoms with Crippen LogP contribution in [0.2, 0.25) is 0 Å². The van der Waals surface area contributed by atoms with Crippen LogP contribution >= 0.6 is 0 Å². The number of rotatable bonds is 4. The van der Waals surface area contributed by atoms with Gasteiger partial charge in [-0.25, -0.2) is 0 Å². The molecule has 0 atom stereocenters. The third kappa shape index (κ3) is 3.99. The van der Waals surface area contributed by atoms with Crippen LogP contribution in [-0.2, 0) is 11.8 Å². The van der Waals surface area contributed by atoms with Gasteiger partial charge in [-0.15, -0.1) is 0 Å². The van der Waals surface area contributed by atoms with Gasteiger partial charge in [0, 0.05) is 51.7 Å². The minimum absolute atomic E-state index is 0.0422. The van der Waals surface area contributed by atoms with Gasteiger partial charge >= 0.3 is 0 Å². The normalized spacial score (nSPS) is 19.5. The fraction of sp³-hybridized carbons (Fsp3) is 0.542.